The number of aromatic nitrogens is 3. The van der Waals surface area contributed by atoms with Gasteiger partial charge in [-0.05, 0) is 45.2 Å². The Balaban J connectivity index is 1.59. The average Bonchev–Trinajstić information content (AvgIpc) is 2.65. The van der Waals surface area contributed by atoms with Gasteiger partial charge in [-0.25, -0.2) is 0 Å². The van der Waals surface area contributed by atoms with Gasteiger partial charge in [-0.3, -0.25) is 9.69 Å². The Morgan fingerprint density at radius 3 is 2.14 bits per heavy atom. The molecule has 3 aromatic rings. The van der Waals surface area contributed by atoms with E-state index in [1.807, 2.05) is 74.3 Å². The fraction of sp³-hybridized carbons (Fsp3) is 0.238. The van der Waals surface area contributed by atoms with Gasteiger partial charge in [0.25, 0.3) is 0 Å². The molecule has 0 aliphatic heterocycles. The summed E-state index contributed by atoms with van der Waals surface area (Å²) in [5, 5.41) is 6.00. The van der Waals surface area contributed by atoms with Gasteiger partial charge < -0.3 is 16.4 Å². The molecule has 150 valence electrons. The number of nitrogens with zero attached hydrogens (tertiary/aromatic N) is 4. The van der Waals surface area contributed by atoms with E-state index < -0.39 is 0 Å². The van der Waals surface area contributed by atoms with Gasteiger partial charge >= 0.3 is 0 Å². The van der Waals surface area contributed by atoms with E-state index in [-0.39, 0.29) is 18.4 Å². The van der Waals surface area contributed by atoms with Crippen molar-refractivity contribution >= 4 is 29.2 Å². The Hall–Kier alpha value is -3.52. The minimum absolute atomic E-state index is 0.114. The van der Waals surface area contributed by atoms with Crippen LogP contribution in [0.4, 0.5) is 23.3 Å². The van der Waals surface area contributed by atoms with Crippen molar-refractivity contribution in [3.8, 4) is 0 Å². The molecule has 3 rings (SSSR count). The molecule has 0 bridgehead atoms. The van der Waals surface area contributed by atoms with E-state index in [0.29, 0.717) is 18.3 Å². The second-order valence-electron chi connectivity index (χ2n) is 7.01. The lowest BCUT2D eigenvalue weighted by atomic mass is 10.2. The van der Waals surface area contributed by atoms with Crippen LogP contribution in [0, 0.1) is 13.8 Å². The van der Waals surface area contributed by atoms with Crippen molar-refractivity contribution in [1.29, 1.82) is 0 Å². The van der Waals surface area contributed by atoms with Gasteiger partial charge in [0.05, 0.1) is 13.1 Å². The fourth-order valence-corrected chi connectivity index (χ4v) is 2.71. The first kappa shape index (κ1) is 20.2. The van der Waals surface area contributed by atoms with E-state index in [2.05, 4.69) is 25.6 Å². The van der Waals surface area contributed by atoms with Gasteiger partial charge in [0.15, 0.2) is 0 Å². The summed E-state index contributed by atoms with van der Waals surface area (Å²) in [5.41, 5.74) is 9.76. The van der Waals surface area contributed by atoms with Gasteiger partial charge in [0, 0.05) is 11.4 Å². The highest BCUT2D eigenvalue weighted by Gasteiger charge is 2.11. The molecule has 0 spiro atoms. The van der Waals surface area contributed by atoms with E-state index in [9.17, 15) is 4.79 Å². The summed E-state index contributed by atoms with van der Waals surface area (Å²) in [6.07, 6.45) is 0. The maximum absolute atomic E-state index is 12.3. The molecule has 0 radical (unpaired) electrons. The summed E-state index contributed by atoms with van der Waals surface area (Å²) in [7, 11) is 1.82. The first-order chi connectivity index (χ1) is 13.9. The number of anilines is 4. The van der Waals surface area contributed by atoms with Crippen LogP contribution in [0.3, 0.4) is 0 Å². The molecule has 0 saturated carbocycles. The second kappa shape index (κ2) is 9.11. The van der Waals surface area contributed by atoms with E-state index in [4.69, 9.17) is 5.73 Å². The number of rotatable bonds is 7. The third kappa shape index (κ3) is 6.25. The zero-order valence-electron chi connectivity index (χ0n) is 16.8. The highest BCUT2D eigenvalue weighted by molar-refractivity contribution is 5.92. The molecule has 29 heavy (non-hydrogen) atoms. The predicted molar refractivity (Wildman–Crippen MR) is 115 cm³/mol. The molecule has 8 nitrogen and oxygen atoms in total. The molecule has 0 atom stereocenters. The maximum Gasteiger partial charge on any atom is 0.238 e. The molecule has 0 saturated heterocycles. The van der Waals surface area contributed by atoms with Crippen LogP contribution < -0.4 is 16.4 Å². The normalized spacial score (nSPS) is 10.8. The van der Waals surface area contributed by atoms with Gasteiger partial charge in [-0.2, -0.15) is 15.0 Å². The molecule has 0 aliphatic carbocycles. The SMILES string of the molecule is Cc1ccc(NC(=O)CN(C)Cc2nc(N)nc(Nc3ccc(C)cc3)n2)cc1. The molecular weight excluding hydrogens is 366 g/mol. The number of aryl methyl sites for hydroxylation is 2. The van der Waals surface area contributed by atoms with Crippen LogP contribution in [0.15, 0.2) is 48.5 Å². The number of hydrogen-bond donors (Lipinski definition) is 3. The largest absolute Gasteiger partial charge is 0.368 e. The Labute approximate surface area is 170 Å². The van der Waals surface area contributed by atoms with Gasteiger partial charge in [0.1, 0.15) is 5.82 Å². The quantitative estimate of drug-likeness (QED) is 0.568. The molecule has 0 aliphatic rings. The van der Waals surface area contributed by atoms with Gasteiger partial charge in [0.2, 0.25) is 17.8 Å². The summed E-state index contributed by atoms with van der Waals surface area (Å²) in [6, 6.07) is 15.5. The molecule has 0 fully saturated rings. The van der Waals surface area contributed by atoms with E-state index in [0.717, 1.165) is 22.5 Å². The Morgan fingerprint density at radius 2 is 1.52 bits per heavy atom. The number of likely N-dealkylation sites (N-methyl/N-ethyl adjacent to an activating group) is 1. The molecule has 0 unspecified atom stereocenters. The monoisotopic (exact) mass is 391 g/mol. The first-order valence-electron chi connectivity index (χ1n) is 9.26. The van der Waals surface area contributed by atoms with Crippen LogP contribution in [0.5, 0.6) is 0 Å². The number of carbonyl (C=O) groups excluding carboxylic acids is 1. The number of nitrogen functional groups attached to an aromatic ring is 1. The molecule has 1 amide bonds. The number of nitrogens with two attached hydrogens (primary N) is 1. The van der Waals surface area contributed by atoms with Crippen LogP contribution in [0.25, 0.3) is 0 Å². The molecule has 8 heteroatoms. The minimum Gasteiger partial charge on any atom is -0.368 e. The summed E-state index contributed by atoms with van der Waals surface area (Å²) in [4.78, 5) is 26.8. The van der Waals surface area contributed by atoms with Crippen molar-refractivity contribution in [2.24, 2.45) is 0 Å². The summed E-state index contributed by atoms with van der Waals surface area (Å²) in [6.45, 7) is 4.58. The molecule has 1 heterocycles. The first-order valence-corrected chi connectivity index (χ1v) is 9.26. The lowest BCUT2D eigenvalue weighted by molar-refractivity contribution is -0.117. The number of hydrogen-bond acceptors (Lipinski definition) is 7. The average molecular weight is 391 g/mol. The Kier molecular flexibility index (Phi) is 6.36. The Bertz CT molecular complexity index is 971. The lowest BCUT2D eigenvalue weighted by Crippen LogP contribution is -2.30. The fourth-order valence-electron chi connectivity index (χ4n) is 2.71. The van der Waals surface area contributed by atoms with Crippen molar-refractivity contribution in [2.45, 2.75) is 20.4 Å². The summed E-state index contributed by atoms with van der Waals surface area (Å²) in [5.74, 6) is 0.866. The standard InChI is InChI=1S/C21H25N7O/c1-14-4-8-16(9-5-14)23-19(29)13-28(3)12-18-25-20(22)27-21(26-18)24-17-10-6-15(2)7-11-17/h4-11H,12-13H2,1-3H3,(H,23,29)(H3,22,24,25,26,27). The van der Waals surface area contributed by atoms with E-state index >= 15 is 0 Å². The van der Waals surface area contributed by atoms with Crippen molar-refractivity contribution in [3.05, 3.63) is 65.5 Å². The zero-order valence-corrected chi connectivity index (χ0v) is 16.8. The topological polar surface area (TPSA) is 109 Å². The molecular formula is C21H25N7O. The number of benzene rings is 2. The maximum atomic E-state index is 12.3. The van der Waals surface area contributed by atoms with Crippen LogP contribution in [0.2, 0.25) is 0 Å². The van der Waals surface area contributed by atoms with E-state index in [1.165, 1.54) is 0 Å². The number of amides is 1. The number of nitrogens with one attached hydrogen (secondary N) is 2. The van der Waals surface area contributed by atoms with Crippen LogP contribution >= 0.6 is 0 Å². The van der Waals surface area contributed by atoms with Crippen LogP contribution in [-0.2, 0) is 11.3 Å². The smallest absolute Gasteiger partial charge is 0.238 e. The molecule has 1 aromatic heterocycles. The highest BCUT2D eigenvalue weighted by Crippen LogP contribution is 2.15. The van der Waals surface area contributed by atoms with Crippen molar-refractivity contribution in [2.75, 3.05) is 30.0 Å². The highest BCUT2D eigenvalue weighted by atomic mass is 16.2. The van der Waals surface area contributed by atoms with Gasteiger partial charge in [-0.1, -0.05) is 35.4 Å². The number of carbonyl (C=O) groups is 1. The zero-order chi connectivity index (χ0) is 20.8. The third-order valence-electron chi connectivity index (χ3n) is 4.17. The van der Waals surface area contributed by atoms with Crippen LogP contribution in [0.1, 0.15) is 17.0 Å². The van der Waals surface area contributed by atoms with E-state index in [1.54, 1.807) is 0 Å². The second-order valence-corrected chi connectivity index (χ2v) is 7.01. The summed E-state index contributed by atoms with van der Waals surface area (Å²) >= 11 is 0. The van der Waals surface area contributed by atoms with Gasteiger partial charge in [-0.15, -0.1) is 0 Å². The van der Waals surface area contributed by atoms with Crippen LogP contribution in [-0.4, -0.2) is 39.4 Å². The minimum atomic E-state index is -0.114. The molecule has 2 aromatic carbocycles. The third-order valence-corrected chi connectivity index (χ3v) is 4.17. The lowest BCUT2D eigenvalue weighted by Gasteiger charge is -2.16. The molecule has 4 N–H and O–H groups in total. The Morgan fingerprint density at radius 1 is 0.931 bits per heavy atom. The van der Waals surface area contributed by atoms with Crippen molar-refractivity contribution in [1.82, 2.24) is 19.9 Å². The summed E-state index contributed by atoms with van der Waals surface area (Å²) < 4.78 is 0. The van der Waals surface area contributed by atoms with Crippen molar-refractivity contribution in [3.63, 3.8) is 0 Å². The predicted octanol–water partition coefficient (Wildman–Crippen LogP) is 2.88. The van der Waals surface area contributed by atoms with Crippen molar-refractivity contribution < 1.29 is 4.79 Å².